The van der Waals surface area contributed by atoms with E-state index >= 15 is 0 Å². The third-order valence-electron chi connectivity index (χ3n) is 4.62. The van der Waals surface area contributed by atoms with Crippen LogP contribution in [0.5, 0.6) is 0 Å². The van der Waals surface area contributed by atoms with Crippen LogP contribution in [0.3, 0.4) is 0 Å². The zero-order chi connectivity index (χ0) is 18.2. The smallest absolute Gasteiger partial charge is 0.226 e. The van der Waals surface area contributed by atoms with Crippen LogP contribution in [-0.2, 0) is 6.54 Å². The van der Waals surface area contributed by atoms with Crippen molar-refractivity contribution < 1.29 is 4.42 Å². The van der Waals surface area contributed by atoms with Gasteiger partial charge in [0.15, 0.2) is 5.96 Å². The lowest BCUT2D eigenvalue weighted by atomic mass is 10.1. The first-order chi connectivity index (χ1) is 12.7. The van der Waals surface area contributed by atoms with E-state index in [4.69, 9.17) is 4.42 Å². The summed E-state index contributed by atoms with van der Waals surface area (Å²) in [4.78, 5) is 11.4. The van der Waals surface area contributed by atoms with Crippen LogP contribution in [0.1, 0.15) is 25.5 Å². The summed E-state index contributed by atoms with van der Waals surface area (Å²) in [5, 5.41) is 6.71. The van der Waals surface area contributed by atoms with Gasteiger partial charge in [-0.05, 0) is 44.0 Å². The summed E-state index contributed by atoms with van der Waals surface area (Å²) < 4.78 is 5.57. The lowest BCUT2D eigenvalue weighted by molar-refractivity contribution is 0.287. The SMILES string of the molecule is CN=C(NCc1coc(-c2ccccc2)n1)NCC(C)CN1CCCC1.I. The number of hydrogen-bond donors (Lipinski definition) is 2. The van der Waals surface area contributed by atoms with Gasteiger partial charge in [-0.25, -0.2) is 4.98 Å². The highest BCUT2D eigenvalue weighted by Crippen LogP contribution is 2.17. The normalized spacial score (nSPS) is 16.0. The maximum Gasteiger partial charge on any atom is 0.226 e. The maximum atomic E-state index is 5.57. The Bertz CT molecular complexity index is 697. The molecule has 1 atom stereocenters. The number of aliphatic imine (C=N–C) groups is 1. The zero-order valence-electron chi connectivity index (χ0n) is 16.1. The second-order valence-electron chi connectivity index (χ2n) is 6.93. The topological polar surface area (TPSA) is 65.7 Å². The fourth-order valence-corrected chi connectivity index (χ4v) is 3.24. The molecule has 1 aromatic heterocycles. The van der Waals surface area contributed by atoms with E-state index in [0.717, 1.165) is 30.3 Å². The van der Waals surface area contributed by atoms with E-state index in [9.17, 15) is 0 Å². The van der Waals surface area contributed by atoms with E-state index in [1.54, 1.807) is 13.3 Å². The molecular weight excluding hydrogens is 453 g/mol. The predicted molar refractivity (Wildman–Crippen MR) is 120 cm³/mol. The van der Waals surface area contributed by atoms with Crippen LogP contribution < -0.4 is 10.6 Å². The molecule has 3 rings (SSSR count). The highest BCUT2D eigenvalue weighted by molar-refractivity contribution is 14.0. The average molecular weight is 483 g/mol. The third kappa shape index (κ3) is 6.80. The van der Waals surface area contributed by atoms with Crippen LogP contribution in [0.25, 0.3) is 11.5 Å². The Labute approximate surface area is 178 Å². The number of rotatable bonds is 7. The second-order valence-corrected chi connectivity index (χ2v) is 6.93. The van der Waals surface area contributed by atoms with Crippen molar-refractivity contribution in [2.75, 3.05) is 33.2 Å². The molecule has 0 aliphatic carbocycles. The van der Waals surface area contributed by atoms with Crippen molar-refractivity contribution in [1.82, 2.24) is 20.5 Å². The summed E-state index contributed by atoms with van der Waals surface area (Å²) in [6.45, 7) is 7.40. The molecule has 148 valence electrons. The van der Waals surface area contributed by atoms with E-state index in [1.807, 2.05) is 30.3 Å². The minimum atomic E-state index is 0. The summed E-state index contributed by atoms with van der Waals surface area (Å²) in [5.74, 6) is 2.02. The van der Waals surface area contributed by atoms with Crippen LogP contribution in [0, 0.1) is 5.92 Å². The first-order valence-corrected chi connectivity index (χ1v) is 9.41. The molecule has 2 aromatic rings. The summed E-state index contributed by atoms with van der Waals surface area (Å²) in [6.07, 6.45) is 4.37. The number of guanidine groups is 1. The van der Waals surface area contributed by atoms with Crippen molar-refractivity contribution in [3.8, 4) is 11.5 Å². The monoisotopic (exact) mass is 483 g/mol. The van der Waals surface area contributed by atoms with Crippen molar-refractivity contribution >= 4 is 29.9 Å². The van der Waals surface area contributed by atoms with E-state index in [2.05, 4.69) is 32.4 Å². The molecule has 2 heterocycles. The van der Waals surface area contributed by atoms with Gasteiger partial charge in [0.2, 0.25) is 5.89 Å². The first-order valence-electron chi connectivity index (χ1n) is 9.41. The van der Waals surface area contributed by atoms with Gasteiger partial charge in [0.1, 0.15) is 6.26 Å². The highest BCUT2D eigenvalue weighted by Gasteiger charge is 2.15. The Kier molecular flexibility index (Phi) is 9.06. The minimum absolute atomic E-state index is 0. The van der Waals surface area contributed by atoms with E-state index < -0.39 is 0 Å². The van der Waals surface area contributed by atoms with Crippen molar-refractivity contribution in [3.05, 3.63) is 42.3 Å². The maximum absolute atomic E-state index is 5.57. The number of nitrogens with one attached hydrogen (secondary N) is 2. The van der Waals surface area contributed by atoms with Crippen molar-refractivity contribution in [2.24, 2.45) is 10.9 Å². The van der Waals surface area contributed by atoms with Crippen LogP contribution >= 0.6 is 24.0 Å². The van der Waals surface area contributed by atoms with Crippen molar-refractivity contribution in [3.63, 3.8) is 0 Å². The molecule has 1 unspecified atom stereocenters. The van der Waals surface area contributed by atoms with Gasteiger partial charge in [-0.2, -0.15) is 0 Å². The van der Waals surface area contributed by atoms with Crippen LogP contribution in [-0.4, -0.2) is 49.1 Å². The summed E-state index contributed by atoms with van der Waals surface area (Å²) in [6, 6.07) is 9.92. The number of benzene rings is 1. The Balaban J connectivity index is 0.00000261. The van der Waals surface area contributed by atoms with Crippen LogP contribution in [0.4, 0.5) is 0 Å². The van der Waals surface area contributed by atoms with Gasteiger partial charge in [-0.15, -0.1) is 24.0 Å². The zero-order valence-corrected chi connectivity index (χ0v) is 18.5. The van der Waals surface area contributed by atoms with Gasteiger partial charge in [0, 0.05) is 25.7 Å². The van der Waals surface area contributed by atoms with Gasteiger partial charge in [0.25, 0.3) is 0 Å². The van der Waals surface area contributed by atoms with Crippen LogP contribution in [0.2, 0.25) is 0 Å². The van der Waals surface area contributed by atoms with Gasteiger partial charge >= 0.3 is 0 Å². The Hall–Kier alpha value is -1.61. The molecule has 0 amide bonds. The largest absolute Gasteiger partial charge is 0.444 e. The standard InChI is InChI=1S/C20H29N5O.HI/c1-16(14-25-10-6-7-11-25)12-22-20(21-2)23-13-18-15-26-19(24-18)17-8-4-3-5-9-17;/h3-5,8-9,15-16H,6-7,10-14H2,1-2H3,(H2,21,22,23);1H. The molecule has 2 N–H and O–H groups in total. The first kappa shape index (κ1) is 21.7. The number of nitrogens with zero attached hydrogens (tertiary/aromatic N) is 3. The van der Waals surface area contributed by atoms with Gasteiger partial charge in [-0.3, -0.25) is 4.99 Å². The molecule has 1 aliphatic heterocycles. The van der Waals surface area contributed by atoms with Gasteiger partial charge in [-0.1, -0.05) is 25.1 Å². The average Bonchev–Trinajstić information content (AvgIpc) is 3.34. The minimum Gasteiger partial charge on any atom is -0.444 e. The quantitative estimate of drug-likeness (QED) is 0.359. The number of aromatic nitrogens is 1. The summed E-state index contributed by atoms with van der Waals surface area (Å²) in [5.41, 5.74) is 1.84. The fourth-order valence-electron chi connectivity index (χ4n) is 3.24. The number of hydrogen-bond acceptors (Lipinski definition) is 4. The molecular formula is C20H30IN5O. The molecule has 0 radical (unpaired) electrons. The molecule has 1 aromatic carbocycles. The number of halogens is 1. The molecule has 27 heavy (non-hydrogen) atoms. The Morgan fingerprint density at radius 3 is 2.67 bits per heavy atom. The third-order valence-corrected chi connectivity index (χ3v) is 4.62. The predicted octanol–water partition coefficient (Wildman–Crippen LogP) is 3.36. The van der Waals surface area contributed by atoms with Gasteiger partial charge < -0.3 is 20.0 Å². The lowest BCUT2D eigenvalue weighted by Crippen LogP contribution is -2.41. The highest BCUT2D eigenvalue weighted by atomic mass is 127. The van der Waals surface area contributed by atoms with E-state index in [0.29, 0.717) is 18.4 Å². The Morgan fingerprint density at radius 2 is 1.96 bits per heavy atom. The molecule has 0 bridgehead atoms. The fraction of sp³-hybridized carbons (Fsp3) is 0.500. The van der Waals surface area contributed by atoms with Crippen LogP contribution in [0.15, 0.2) is 46.0 Å². The van der Waals surface area contributed by atoms with E-state index in [-0.39, 0.29) is 24.0 Å². The molecule has 6 nitrogen and oxygen atoms in total. The molecule has 0 saturated carbocycles. The van der Waals surface area contributed by atoms with E-state index in [1.165, 1.54) is 25.9 Å². The molecule has 1 aliphatic rings. The number of oxazole rings is 1. The van der Waals surface area contributed by atoms with Crippen molar-refractivity contribution in [1.29, 1.82) is 0 Å². The lowest BCUT2D eigenvalue weighted by Gasteiger charge is -2.21. The Morgan fingerprint density at radius 1 is 1.22 bits per heavy atom. The van der Waals surface area contributed by atoms with Gasteiger partial charge in [0.05, 0.1) is 12.2 Å². The number of likely N-dealkylation sites (tertiary alicyclic amines) is 1. The molecule has 1 fully saturated rings. The van der Waals surface area contributed by atoms with Crippen molar-refractivity contribution in [2.45, 2.75) is 26.3 Å². The summed E-state index contributed by atoms with van der Waals surface area (Å²) >= 11 is 0. The summed E-state index contributed by atoms with van der Waals surface area (Å²) in [7, 11) is 1.79. The second kappa shape index (κ2) is 11.3. The molecule has 1 saturated heterocycles. The molecule has 0 spiro atoms. The molecule has 7 heteroatoms.